The number of halogens is 1. The van der Waals surface area contributed by atoms with Crippen LogP contribution in [-0.4, -0.2) is 29.0 Å². The van der Waals surface area contributed by atoms with E-state index < -0.39 is 11.0 Å². The van der Waals surface area contributed by atoms with Crippen molar-refractivity contribution in [3.05, 3.63) is 59.2 Å². The van der Waals surface area contributed by atoms with Crippen molar-refractivity contribution in [2.45, 2.75) is 70.3 Å². The first kappa shape index (κ1) is 21.5. The Morgan fingerprint density at radius 3 is 2.42 bits per heavy atom. The predicted octanol–water partition coefficient (Wildman–Crippen LogP) is 5.14. The number of anilines is 1. The van der Waals surface area contributed by atoms with Crippen molar-refractivity contribution in [2.75, 3.05) is 11.4 Å². The van der Waals surface area contributed by atoms with Crippen molar-refractivity contribution in [3.8, 4) is 0 Å². The molecule has 164 valence electrons. The lowest BCUT2D eigenvalue weighted by Crippen LogP contribution is -2.45. The second-order valence-corrected chi connectivity index (χ2v) is 9.56. The monoisotopic (exact) mass is 424 g/mol. The maximum atomic E-state index is 13.3. The van der Waals surface area contributed by atoms with Gasteiger partial charge in [-0.25, -0.2) is 9.18 Å². The standard InChI is InChI=1S/C25H29FN2O3/c1-24(2,3)31-23(30)28-15-4-6-19-20(28)11-12-21(27-19)25(13-5-14-25)22(29)16-17-7-9-18(26)10-8-17/h7-12H,4-6,13-16H2,1-3H3. The van der Waals surface area contributed by atoms with Gasteiger partial charge in [-0.1, -0.05) is 18.6 Å². The molecular weight excluding hydrogens is 395 g/mol. The zero-order valence-corrected chi connectivity index (χ0v) is 18.4. The topological polar surface area (TPSA) is 59.5 Å². The third-order valence-electron chi connectivity index (χ3n) is 6.16. The zero-order valence-electron chi connectivity index (χ0n) is 18.4. The molecular formula is C25H29FN2O3. The number of pyridine rings is 1. The summed E-state index contributed by atoms with van der Waals surface area (Å²) in [5.41, 5.74) is 2.06. The number of rotatable bonds is 4. The summed E-state index contributed by atoms with van der Waals surface area (Å²) < 4.78 is 18.8. The molecule has 2 heterocycles. The summed E-state index contributed by atoms with van der Waals surface area (Å²) in [5.74, 6) is -0.182. The van der Waals surface area contributed by atoms with Crippen LogP contribution in [0.2, 0.25) is 0 Å². The lowest BCUT2D eigenvalue weighted by molar-refractivity contribution is -0.127. The van der Waals surface area contributed by atoms with Gasteiger partial charge in [-0.05, 0) is 76.3 Å². The van der Waals surface area contributed by atoms with Crippen molar-refractivity contribution < 1.29 is 18.7 Å². The Kier molecular flexibility index (Phi) is 5.58. The van der Waals surface area contributed by atoms with Crippen LogP contribution in [0.4, 0.5) is 14.9 Å². The first-order valence-electron chi connectivity index (χ1n) is 11.0. The minimum Gasteiger partial charge on any atom is -0.443 e. The Bertz CT molecular complexity index is 991. The van der Waals surface area contributed by atoms with Crippen LogP contribution in [0.5, 0.6) is 0 Å². The zero-order chi connectivity index (χ0) is 22.2. The molecule has 1 aromatic heterocycles. The van der Waals surface area contributed by atoms with Crippen LogP contribution in [0.15, 0.2) is 36.4 Å². The number of carbonyl (C=O) groups excluding carboxylic acids is 2. The summed E-state index contributed by atoms with van der Waals surface area (Å²) in [6, 6.07) is 9.91. The van der Waals surface area contributed by atoms with E-state index in [1.165, 1.54) is 12.1 Å². The van der Waals surface area contributed by atoms with E-state index in [1.54, 1.807) is 17.0 Å². The lowest BCUT2D eigenvalue weighted by atomic mass is 9.62. The van der Waals surface area contributed by atoms with Gasteiger partial charge in [0, 0.05) is 13.0 Å². The van der Waals surface area contributed by atoms with Gasteiger partial charge in [0.05, 0.1) is 22.5 Å². The van der Waals surface area contributed by atoms with Crippen molar-refractivity contribution in [1.82, 2.24) is 4.98 Å². The van der Waals surface area contributed by atoms with E-state index in [4.69, 9.17) is 9.72 Å². The molecule has 1 saturated carbocycles. The van der Waals surface area contributed by atoms with Gasteiger partial charge in [0.1, 0.15) is 17.2 Å². The summed E-state index contributed by atoms with van der Waals surface area (Å²) in [4.78, 5) is 32.5. The Morgan fingerprint density at radius 2 is 1.81 bits per heavy atom. The highest BCUT2D eigenvalue weighted by atomic mass is 19.1. The first-order chi connectivity index (χ1) is 14.7. The molecule has 1 aliphatic heterocycles. The maximum absolute atomic E-state index is 13.3. The molecule has 4 rings (SSSR count). The van der Waals surface area contributed by atoms with Gasteiger partial charge in [0.15, 0.2) is 0 Å². The molecule has 0 spiro atoms. The normalized spacial score (nSPS) is 17.5. The van der Waals surface area contributed by atoms with Crippen LogP contribution in [-0.2, 0) is 27.8 Å². The molecule has 0 unspecified atom stereocenters. The summed E-state index contributed by atoms with van der Waals surface area (Å²) >= 11 is 0. The Balaban J connectivity index is 1.59. The van der Waals surface area contributed by atoms with Crippen LogP contribution in [0, 0.1) is 5.82 Å². The lowest BCUT2D eigenvalue weighted by Gasteiger charge is -2.41. The van der Waals surface area contributed by atoms with E-state index in [0.29, 0.717) is 6.54 Å². The van der Waals surface area contributed by atoms with Crippen molar-refractivity contribution in [2.24, 2.45) is 0 Å². The van der Waals surface area contributed by atoms with Gasteiger partial charge in [0.25, 0.3) is 0 Å². The highest BCUT2D eigenvalue weighted by Gasteiger charge is 2.46. The molecule has 0 saturated heterocycles. The molecule has 1 aromatic carbocycles. The second-order valence-electron chi connectivity index (χ2n) is 9.56. The maximum Gasteiger partial charge on any atom is 0.414 e. The quantitative estimate of drug-likeness (QED) is 0.682. The highest BCUT2D eigenvalue weighted by molar-refractivity contribution is 5.93. The fourth-order valence-corrected chi connectivity index (χ4v) is 4.39. The van der Waals surface area contributed by atoms with E-state index in [0.717, 1.165) is 54.7 Å². The molecule has 1 aliphatic carbocycles. The third-order valence-corrected chi connectivity index (χ3v) is 6.16. The molecule has 5 nitrogen and oxygen atoms in total. The highest BCUT2D eigenvalue weighted by Crippen LogP contribution is 2.45. The summed E-state index contributed by atoms with van der Waals surface area (Å²) in [5, 5.41) is 0. The van der Waals surface area contributed by atoms with E-state index >= 15 is 0 Å². The number of aromatic nitrogens is 1. The fraction of sp³-hybridized carbons (Fsp3) is 0.480. The van der Waals surface area contributed by atoms with Crippen molar-refractivity contribution in [1.29, 1.82) is 0 Å². The number of hydrogen-bond acceptors (Lipinski definition) is 4. The first-order valence-corrected chi connectivity index (χ1v) is 11.0. The number of Topliss-reactive ketones (excluding diaryl/α,β-unsaturated/α-hetero) is 1. The molecule has 1 amide bonds. The van der Waals surface area contributed by atoms with Crippen LogP contribution in [0.3, 0.4) is 0 Å². The summed E-state index contributed by atoms with van der Waals surface area (Å²) in [7, 11) is 0. The molecule has 31 heavy (non-hydrogen) atoms. The summed E-state index contributed by atoms with van der Waals surface area (Å²) in [6.45, 7) is 6.15. The van der Waals surface area contributed by atoms with Crippen molar-refractivity contribution in [3.63, 3.8) is 0 Å². The predicted molar refractivity (Wildman–Crippen MR) is 117 cm³/mol. The van der Waals surface area contributed by atoms with Gasteiger partial charge >= 0.3 is 6.09 Å². The average Bonchev–Trinajstić information content (AvgIpc) is 2.67. The van der Waals surface area contributed by atoms with E-state index in [9.17, 15) is 14.0 Å². The Hall–Kier alpha value is -2.76. The second kappa shape index (κ2) is 8.06. The number of ether oxygens (including phenoxy) is 1. The molecule has 6 heteroatoms. The number of ketones is 1. The number of amides is 1. The molecule has 2 aromatic rings. The van der Waals surface area contributed by atoms with Crippen LogP contribution in [0.1, 0.15) is 63.4 Å². The molecule has 0 bridgehead atoms. The van der Waals surface area contributed by atoms with Gasteiger partial charge < -0.3 is 4.74 Å². The number of hydrogen-bond donors (Lipinski definition) is 0. The fourth-order valence-electron chi connectivity index (χ4n) is 4.39. The number of carbonyl (C=O) groups is 2. The van der Waals surface area contributed by atoms with E-state index in [-0.39, 0.29) is 24.1 Å². The molecule has 1 fully saturated rings. The molecule has 0 radical (unpaired) electrons. The number of fused-ring (bicyclic) bond motifs is 1. The van der Waals surface area contributed by atoms with Crippen LogP contribution >= 0.6 is 0 Å². The average molecular weight is 425 g/mol. The minimum absolute atomic E-state index is 0.123. The van der Waals surface area contributed by atoms with Gasteiger partial charge in [-0.15, -0.1) is 0 Å². The van der Waals surface area contributed by atoms with E-state index in [2.05, 4.69) is 0 Å². The van der Waals surface area contributed by atoms with Crippen molar-refractivity contribution >= 4 is 17.6 Å². The molecule has 0 atom stereocenters. The molecule has 0 N–H and O–H groups in total. The smallest absolute Gasteiger partial charge is 0.414 e. The third kappa shape index (κ3) is 4.34. The van der Waals surface area contributed by atoms with Gasteiger partial charge in [-0.2, -0.15) is 0 Å². The SMILES string of the molecule is CC(C)(C)OC(=O)N1CCCc2nc(C3(C(=O)Cc4ccc(F)cc4)CCC3)ccc21. The molecule has 2 aliphatic rings. The minimum atomic E-state index is -0.586. The Labute approximate surface area is 182 Å². The number of nitrogens with zero attached hydrogens (tertiary/aromatic N) is 2. The van der Waals surface area contributed by atoms with Gasteiger partial charge in [-0.3, -0.25) is 14.7 Å². The summed E-state index contributed by atoms with van der Waals surface area (Å²) in [6.07, 6.45) is 4.00. The number of benzene rings is 1. The van der Waals surface area contributed by atoms with E-state index in [1.807, 2.05) is 32.9 Å². The van der Waals surface area contributed by atoms with Gasteiger partial charge in [0.2, 0.25) is 0 Å². The van der Waals surface area contributed by atoms with Crippen LogP contribution < -0.4 is 4.90 Å². The number of aryl methyl sites for hydroxylation is 1. The Morgan fingerprint density at radius 1 is 1.10 bits per heavy atom. The van der Waals surface area contributed by atoms with Crippen LogP contribution in [0.25, 0.3) is 0 Å². The largest absolute Gasteiger partial charge is 0.443 e.